The van der Waals surface area contributed by atoms with E-state index in [4.69, 9.17) is 17.3 Å². The predicted molar refractivity (Wildman–Crippen MR) is 48.8 cm³/mol. The minimum Gasteiger partial charge on any atom is -0.366 e. The van der Waals surface area contributed by atoms with E-state index in [0.717, 1.165) is 12.8 Å². The molecule has 1 aliphatic rings. The summed E-state index contributed by atoms with van der Waals surface area (Å²) in [4.78, 5) is 0. The van der Waals surface area contributed by atoms with E-state index in [1.54, 1.807) is 0 Å². The van der Waals surface area contributed by atoms with Crippen LogP contribution < -0.4 is 17.3 Å². The number of nitrogen functional groups attached to an aromatic ring is 2. The molecule has 1 aliphatic carbocycles. The lowest BCUT2D eigenvalue weighted by atomic mass is 9.96. The number of nitrogens with zero attached hydrogens (tertiary/aromatic N) is 3. The summed E-state index contributed by atoms with van der Waals surface area (Å²) in [6.45, 7) is 1.91. The van der Waals surface area contributed by atoms with Gasteiger partial charge in [0.2, 0.25) is 5.95 Å². The van der Waals surface area contributed by atoms with Crippen molar-refractivity contribution < 1.29 is 0 Å². The molecule has 0 saturated heterocycles. The van der Waals surface area contributed by atoms with Crippen LogP contribution in [0.2, 0.25) is 0 Å². The van der Waals surface area contributed by atoms with Gasteiger partial charge >= 0.3 is 0 Å². The summed E-state index contributed by atoms with van der Waals surface area (Å²) in [7, 11) is 0. The number of hydrogen-bond donors (Lipinski definition) is 3. The maximum Gasteiger partial charge on any atom is 0.240 e. The van der Waals surface area contributed by atoms with Gasteiger partial charge in [0.15, 0.2) is 5.82 Å². The Labute approximate surface area is 76.1 Å². The van der Waals surface area contributed by atoms with Gasteiger partial charge in [-0.25, -0.2) is 4.68 Å². The lowest BCUT2D eigenvalue weighted by Crippen LogP contribution is -2.40. The van der Waals surface area contributed by atoms with Gasteiger partial charge in [0.05, 0.1) is 5.54 Å². The normalized spacial score (nSPS) is 21.4. The molecule has 1 saturated carbocycles. The number of aromatic nitrogens is 3. The molecule has 1 unspecified atom stereocenters. The van der Waals surface area contributed by atoms with Gasteiger partial charge in [0.1, 0.15) is 0 Å². The van der Waals surface area contributed by atoms with Gasteiger partial charge in [-0.15, -0.1) is 10.2 Å². The second-order valence-electron chi connectivity index (χ2n) is 3.81. The van der Waals surface area contributed by atoms with Crippen molar-refractivity contribution in [1.29, 1.82) is 0 Å². The minimum atomic E-state index is -0.501. The Morgan fingerprint density at radius 2 is 2.08 bits per heavy atom. The fourth-order valence-electron chi connectivity index (χ4n) is 1.54. The molecule has 72 valence electrons. The molecule has 0 aliphatic heterocycles. The Morgan fingerprint density at radius 3 is 2.46 bits per heavy atom. The molecule has 1 fully saturated rings. The van der Waals surface area contributed by atoms with Crippen LogP contribution in [-0.4, -0.2) is 14.9 Å². The van der Waals surface area contributed by atoms with Crippen molar-refractivity contribution in [3.05, 3.63) is 5.82 Å². The summed E-state index contributed by atoms with van der Waals surface area (Å²) in [5.74, 6) is 6.86. The molecule has 1 atom stereocenters. The van der Waals surface area contributed by atoms with E-state index in [1.807, 2.05) is 6.92 Å². The summed E-state index contributed by atoms with van der Waals surface area (Å²) in [6.07, 6.45) is 2.25. The van der Waals surface area contributed by atoms with Crippen LogP contribution in [0.3, 0.4) is 0 Å². The minimum absolute atomic E-state index is 0.201. The van der Waals surface area contributed by atoms with Crippen LogP contribution in [0, 0.1) is 5.92 Å². The Hall–Kier alpha value is -1.30. The van der Waals surface area contributed by atoms with Gasteiger partial charge in [-0.3, -0.25) is 0 Å². The molecule has 6 N–H and O–H groups in total. The van der Waals surface area contributed by atoms with Crippen LogP contribution in [-0.2, 0) is 5.54 Å². The monoisotopic (exact) mass is 182 g/mol. The van der Waals surface area contributed by atoms with E-state index in [2.05, 4.69) is 10.2 Å². The number of rotatable bonds is 2. The second kappa shape index (κ2) is 2.35. The maximum absolute atomic E-state index is 6.10. The van der Waals surface area contributed by atoms with E-state index < -0.39 is 5.54 Å². The van der Waals surface area contributed by atoms with Crippen LogP contribution in [0.25, 0.3) is 0 Å². The molecule has 0 amide bonds. The average Bonchev–Trinajstić information content (AvgIpc) is 2.82. The number of hydrogen-bond acceptors (Lipinski definition) is 5. The van der Waals surface area contributed by atoms with Gasteiger partial charge in [-0.05, 0) is 25.7 Å². The highest BCUT2D eigenvalue weighted by Gasteiger charge is 2.43. The van der Waals surface area contributed by atoms with E-state index in [9.17, 15) is 0 Å². The smallest absolute Gasteiger partial charge is 0.240 e. The van der Waals surface area contributed by atoms with Crippen molar-refractivity contribution in [2.24, 2.45) is 11.7 Å². The third kappa shape index (κ3) is 1.14. The van der Waals surface area contributed by atoms with E-state index in [-0.39, 0.29) is 5.95 Å². The third-order valence-electron chi connectivity index (χ3n) is 2.63. The highest BCUT2D eigenvalue weighted by Crippen LogP contribution is 2.42. The summed E-state index contributed by atoms with van der Waals surface area (Å²) in [6, 6.07) is 0. The fourth-order valence-corrected chi connectivity index (χ4v) is 1.54. The molecule has 1 heterocycles. The van der Waals surface area contributed by atoms with Crippen molar-refractivity contribution in [1.82, 2.24) is 14.9 Å². The summed E-state index contributed by atoms with van der Waals surface area (Å²) >= 11 is 0. The molecule has 0 spiro atoms. The van der Waals surface area contributed by atoms with E-state index in [0.29, 0.717) is 11.7 Å². The second-order valence-corrected chi connectivity index (χ2v) is 3.81. The molecule has 6 heteroatoms. The van der Waals surface area contributed by atoms with Gasteiger partial charge in [-0.1, -0.05) is 0 Å². The van der Waals surface area contributed by atoms with E-state index in [1.165, 1.54) is 4.68 Å². The Balaban J connectivity index is 2.38. The fraction of sp³-hybridized carbons (Fsp3) is 0.714. The Bertz CT molecular complexity index is 324. The van der Waals surface area contributed by atoms with Crippen molar-refractivity contribution in [2.45, 2.75) is 25.3 Å². The third-order valence-corrected chi connectivity index (χ3v) is 2.63. The first-order valence-corrected chi connectivity index (χ1v) is 4.29. The first kappa shape index (κ1) is 8.31. The van der Waals surface area contributed by atoms with Crippen molar-refractivity contribution in [3.63, 3.8) is 0 Å². The number of nitrogens with two attached hydrogens (primary N) is 3. The zero-order valence-corrected chi connectivity index (χ0v) is 7.57. The van der Waals surface area contributed by atoms with E-state index >= 15 is 0 Å². The number of anilines is 1. The average molecular weight is 182 g/mol. The Morgan fingerprint density at radius 1 is 1.46 bits per heavy atom. The molecule has 0 radical (unpaired) electrons. The summed E-state index contributed by atoms with van der Waals surface area (Å²) < 4.78 is 1.26. The van der Waals surface area contributed by atoms with Gasteiger partial charge in [-0.2, -0.15) is 0 Å². The largest absolute Gasteiger partial charge is 0.366 e. The van der Waals surface area contributed by atoms with Gasteiger partial charge < -0.3 is 17.3 Å². The first-order chi connectivity index (χ1) is 6.03. The summed E-state index contributed by atoms with van der Waals surface area (Å²) in [5.41, 5.74) is 11.1. The molecular formula is C7H14N6. The topological polar surface area (TPSA) is 109 Å². The highest BCUT2D eigenvalue weighted by molar-refractivity contribution is 5.22. The zero-order valence-electron chi connectivity index (χ0n) is 7.57. The molecule has 6 nitrogen and oxygen atoms in total. The van der Waals surface area contributed by atoms with Crippen molar-refractivity contribution >= 4 is 5.95 Å². The molecule has 2 rings (SSSR count). The molecule has 13 heavy (non-hydrogen) atoms. The SMILES string of the molecule is CC(N)(c1nnc(N)n1N)C1CC1. The highest BCUT2D eigenvalue weighted by atomic mass is 15.5. The lowest BCUT2D eigenvalue weighted by Gasteiger charge is -2.22. The molecule has 1 aromatic rings. The zero-order chi connectivity index (χ0) is 9.64. The summed E-state index contributed by atoms with van der Waals surface area (Å²) in [5, 5.41) is 7.56. The Kier molecular flexibility index (Phi) is 1.50. The molecule has 0 bridgehead atoms. The standard InChI is InChI=1S/C7H14N6/c1-7(9,4-2-3-4)5-11-12-6(8)13(5)10/h4H,2-3,9-10H2,1H3,(H2,8,12). The van der Waals surface area contributed by atoms with Gasteiger partial charge in [0, 0.05) is 0 Å². The van der Waals surface area contributed by atoms with Crippen molar-refractivity contribution in [2.75, 3.05) is 11.6 Å². The van der Waals surface area contributed by atoms with Crippen LogP contribution in [0.5, 0.6) is 0 Å². The molecule has 0 aromatic carbocycles. The van der Waals surface area contributed by atoms with Crippen LogP contribution in [0.4, 0.5) is 5.95 Å². The van der Waals surface area contributed by atoms with Crippen LogP contribution in [0.15, 0.2) is 0 Å². The predicted octanol–water partition coefficient (Wildman–Crippen LogP) is -0.842. The first-order valence-electron chi connectivity index (χ1n) is 4.29. The molecule has 1 aromatic heterocycles. The van der Waals surface area contributed by atoms with Crippen molar-refractivity contribution in [3.8, 4) is 0 Å². The van der Waals surface area contributed by atoms with Crippen LogP contribution in [0.1, 0.15) is 25.6 Å². The van der Waals surface area contributed by atoms with Gasteiger partial charge in [0.25, 0.3) is 0 Å². The van der Waals surface area contributed by atoms with Crippen LogP contribution >= 0.6 is 0 Å². The molecular weight excluding hydrogens is 168 g/mol. The maximum atomic E-state index is 6.10. The lowest BCUT2D eigenvalue weighted by molar-refractivity contribution is 0.391. The quantitative estimate of drug-likeness (QED) is 0.516.